The van der Waals surface area contributed by atoms with Crippen LogP contribution in [0.15, 0.2) is 46.9 Å². The highest BCUT2D eigenvalue weighted by atomic mass is 79.9. The number of methoxy groups -OCH3 is 1. The van der Waals surface area contributed by atoms with E-state index in [0.29, 0.717) is 0 Å². The summed E-state index contributed by atoms with van der Waals surface area (Å²) in [5.41, 5.74) is 3.72. The van der Waals surface area contributed by atoms with Crippen molar-refractivity contribution in [2.75, 3.05) is 7.11 Å². The van der Waals surface area contributed by atoms with Gasteiger partial charge in [0, 0.05) is 10.0 Å². The molecule has 0 aliphatic heterocycles. The Labute approximate surface area is 131 Å². The monoisotopic (exact) mass is 382 g/mol. The van der Waals surface area contributed by atoms with E-state index < -0.39 is 0 Å². The minimum absolute atomic E-state index is 0.140. The first kappa shape index (κ1) is 14.6. The van der Waals surface area contributed by atoms with Gasteiger partial charge < -0.3 is 4.74 Å². The fraction of sp³-hybridized carbons (Fsp3) is 0.250. The van der Waals surface area contributed by atoms with Gasteiger partial charge >= 0.3 is 0 Å². The van der Waals surface area contributed by atoms with Crippen LogP contribution in [-0.2, 0) is 6.42 Å². The molecule has 19 heavy (non-hydrogen) atoms. The van der Waals surface area contributed by atoms with Gasteiger partial charge in [0.1, 0.15) is 5.75 Å². The van der Waals surface area contributed by atoms with Crippen LogP contribution in [0.3, 0.4) is 0 Å². The van der Waals surface area contributed by atoms with E-state index in [2.05, 4.69) is 69.1 Å². The number of hydrogen-bond acceptors (Lipinski definition) is 1. The largest absolute Gasteiger partial charge is 0.496 e. The minimum Gasteiger partial charge on any atom is -0.496 e. The predicted molar refractivity (Wildman–Crippen MR) is 87.3 cm³/mol. The van der Waals surface area contributed by atoms with Gasteiger partial charge in [0.15, 0.2) is 0 Å². The van der Waals surface area contributed by atoms with E-state index in [1.807, 2.05) is 12.1 Å². The van der Waals surface area contributed by atoms with Gasteiger partial charge in [-0.1, -0.05) is 69.1 Å². The number of alkyl halides is 1. The maximum absolute atomic E-state index is 5.45. The molecule has 2 aromatic carbocycles. The molecule has 0 spiro atoms. The Balaban J connectivity index is 2.34. The summed E-state index contributed by atoms with van der Waals surface area (Å²) in [6, 6.07) is 14.8. The Morgan fingerprint density at radius 1 is 1.11 bits per heavy atom. The van der Waals surface area contributed by atoms with Crippen LogP contribution in [0.25, 0.3) is 0 Å². The first-order valence-electron chi connectivity index (χ1n) is 6.22. The average molecular weight is 384 g/mol. The number of aryl methyl sites for hydroxylation is 1. The van der Waals surface area contributed by atoms with Crippen molar-refractivity contribution in [3.8, 4) is 5.75 Å². The molecule has 0 saturated carbocycles. The molecule has 0 aliphatic rings. The molecule has 1 nitrogen and oxygen atoms in total. The molecule has 0 radical (unpaired) electrons. The van der Waals surface area contributed by atoms with Gasteiger partial charge in [-0.15, -0.1) is 0 Å². The number of halogens is 2. The van der Waals surface area contributed by atoms with Crippen LogP contribution < -0.4 is 4.74 Å². The first-order chi connectivity index (χ1) is 9.15. The van der Waals surface area contributed by atoms with Crippen molar-refractivity contribution < 1.29 is 4.74 Å². The summed E-state index contributed by atoms with van der Waals surface area (Å²) in [5, 5.41) is 0. The highest BCUT2D eigenvalue weighted by Crippen LogP contribution is 2.37. The van der Waals surface area contributed by atoms with Crippen LogP contribution in [-0.4, -0.2) is 7.11 Å². The Kier molecular flexibility index (Phi) is 5.06. The molecular weight excluding hydrogens is 368 g/mol. The maximum Gasteiger partial charge on any atom is 0.124 e. The van der Waals surface area contributed by atoms with Crippen molar-refractivity contribution >= 4 is 31.9 Å². The summed E-state index contributed by atoms with van der Waals surface area (Å²) in [5.74, 6) is 0.885. The summed E-state index contributed by atoms with van der Waals surface area (Å²) in [4.78, 5) is 0.140. The molecule has 0 aliphatic carbocycles. The molecule has 0 aromatic heterocycles. The van der Waals surface area contributed by atoms with E-state index in [-0.39, 0.29) is 4.83 Å². The normalized spacial score (nSPS) is 12.2. The lowest BCUT2D eigenvalue weighted by atomic mass is 10.0. The number of benzene rings is 2. The van der Waals surface area contributed by atoms with Gasteiger partial charge in [-0.25, -0.2) is 0 Å². The van der Waals surface area contributed by atoms with Crippen LogP contribution in [0.4, 0.5) is 0 Å². The second-order valence-corrected chi connectivity index (χ2v) is 6.18. The zero-order chi connectivity index (χ0) is 13.8. The van der Waals surface area contributed by atoms with Crippen molar-refractivity contribution in [1.29, 1.82) is 0 Å². The molecule has 0 fully saturated rings. The van der Waals surface area contributed by atoms with Crippen molar-refractivity contribution in [3.05, 3.63) is 63.6 Å². The molecule has 0 N–H and O–H groups in total. The lowest BCUT2D eigenvalue weighted by molar-refractivity contribution is 0.410. The maximum atomic E-state index is 5.45. The molecular formula is C16H16Br2O. The molecule has 1 unspecified atom stereocenters. The number of ether oxygens (including phenoxy) is 1. The number of rotatable bonds is 4. The minimum atomic E-state index is 0.140. The third-order valence-corrected chi connectivity index (χ3v) is 4.66. The van der Waals surface area contributed by atoms with Gasteiger partial charge in [0.2, 0.25) is 0 Å². The highest BCUT2D eigenvalue weighted by molar-refractivity contribution is 9.10. The van der Waals surface area contributed by atoms with Gasteiger partial charge in [0.25, 0.3) is 0 Å². The summed E-state index contributed by atoms with van der Waals surface area (Å²) in [6.45, 7) is 2.17. The molecule has 1 atom stereocenters. The van der Waals surface area contributed by atoms with Crippen molar-refractivity contribution in [2.45, 2.75) is 18.2 Å². The molecule has 0 bridgehead atoms. The van der Waals surface area contributed by atoms with E-state index in [0.717, 1.165) is 22.2 Å². The van der Waals surface area contributed by atoms with Crippen molar-refractivity contribution in [3.63, 3.8) is 0 Å². The smallest absolute Gasteiger partial charge is 0.124 e. The Bertz CT molecular complexity index is 549. The Morgan fingerprint density at radius 3 is 2.37 bits per heavy atom. The van der Waals surface area contributed by atoms with Crippen molar-refractivity contribution in [2.24, 2.45) is 0 Å². The summed E-state index contributed by atoms with van der Waals surface area (Å²) >= 11 is 7.23. The fourth-order valence-electron chi connectivity index (χ4n) is 2.00. The van der Waals surface area contributed by atoms with Gasteiger partial charge in [-0.3, -0.25) is 0 Å². The molecule has 3 heteroatoms. The second-order valence-electron chi connectivity index (χ2n) is 4.34. The molecule has 2 aromatic rings. The molecule has 2 rings (SSSR count). The predicted octanol–water partition coefficient (Wildman–Crippen LogP) is 5.50. The summed E-state index contributed by atoms with van der Waals surface area (Å²) in [6.07, 6.45) is 1.06. The zero-order valence-corrected chi connectivity index (χ0v) is 14.2. The van der Waals surface area contributed by atoms with E-state index in [1.54, 1.807) is 7.11 Å². The lowest BCUT2D eigenvalue weighted by Crippen LogP contribution is -1.97. The second kappa shape index (κ2) is 6.58. The van der Waals surface area contributed by atoms with Gasteiger partial charge in [0.05, 0.1) is 11.9 Å². The van der Waals surface area contributed by atoms with Crippen LogP contribution >= 0.6 is 31.9 Å². The Morgan fingerprint density at radius 2 is 1.79 bits per heavy atom. The fourth-order valence-corrected chi connectivity index (χ4v) is 3.02. The zero-order valence-electron chi connectivity index (χ0n) is 11.0. The van der Waals surface area contributed by atoms with Gasteiger partial charge in [-0.05, 0) is 29.7 Å². The van der Waals surface area contributed by atoms with Crippen LogP contribution in [0.2, 0.25) is 0 Å². The average Bonchev–Trinajstić information content (AvgIpc) is 2.46. The van der Waals surface area contributed by atoms with Crippen molar-refractivity contribution in [1.82, 2.24) is 0 Å². The molecule has 0 amide bonds. The molecule has 0 heterocycles. The van der Waals surface area contributed by atoms with Crippen LogP contribution in [0.1, 0.15) is 28.4 Å². The number of hydrogen-bond donors (Lipinski definition) is 0. The summed E-state index contributed by atoms with van der Waals surface area (Å²) in [7, 11) is 1.70. The summed E-state index contributed by atoms with van der Waals surface area (Å²) < 4.78 is 6.48. The highest BCUT2D eigenvalue weighted by Gasteiger charge is 2.15. The SMILES string of the molecule is CCc1ccc(C(Br)c2ccc(Br)cc2OC)cc1. The van der Waals surface area contributed by atoms with E-state index in [1.165, 1.54) is 11.1 Å². The topological polar surface area (TPSA) is 9.23 Å². The lowest BCUT2D eigenvalue weighted by Gasteiger charge is -2.15. The third kappa shape index (κ3) is 3.40. The van der Waals surface area contributed by atoms with Crippen LogP contribution in [0, 0.1) is 0 Å². The quantitative estimate of drug-likeness (QED) is 0.633. The van der Waals surface area contributed by atoms with E-state index in [9.17, 15) is 0 Å². The standard InChI is InChI=1S/C16H16Br2O/c1-3-11-4-6-12(7-5-11)16(18)14-9-8-13(17)10-15(14)19-2/h4-10,16H,3H2,1-2H3. The van der Waals surface area contributed by atoms with Gasteiger partial charge in [-0.2, -0.15) is 0 Å². The molecule has 100 valence electrons. The van der Waals surface area contributed by atoms with E-state index in [4.69, 9.17) is 4.74 Å². The van der Waals surface area contributed by atoms with Crippen LogP contribution in [0.5, 0.6) is 5.75 Å². The first-order valence-corrected chi connectivity index (χ1v) is 7.93. The molecule has 0 saturated heterocycles. The van der Waals surface area contributed by atoms with E-state index >= 15 is 0 Å². The Hall–Kier alpha value is -0.800. The third-order valence-electron chi connectivity index (χ3n) is 3.15.